The molecule has 2 aromatic carbocycles. The number of imidazole rings is 1. The van der Waals surface area contributed by atoms with Crippen molar-refractivity contribution in [1.82, 2.24) is 19.3 Å². The summed E-state index contributed by atoms with van der Waals surface area (Å²) in [5.74, 6) is 3.79. The Balaban J connectivity index is 1.49. The summed E-state index contributed by atoms with van der Waals surface area (Å²) in [6.45, 7) is 2.64. The Labute approximate surface area is 198 Å². The third-order valence-electron chi connectivity index (χ3n) is 6.26. The van der Waals surface area contributed by atoms with E-state index in [2.05, 4.69) is 10.9 Å². The van der Waals surface area contributed by atoms with Crippen LogP contribution in [-0.2, 0) is 4.79 Å². The van der Waals surface area contributed by atoms with Crippen molar-refractivity contribution in [1.29, 1.82) is 0 Å². The Morgan fingerprint density at radius 3 is 2.71 bits per heavy atom. The highest BCUT2D eigenvalue weighted by atomic mass is 16.5. The van der Waals surface area contributed by atoms with E-state index in [1.54, 1.807) is 11.1 Å². The average molecular weight is 452 g/mol. The number of nitrogens with two attached hydrogens (primary N) is 1. The van der Waals surface area contributed by atoms with Crippen molar-refractivity contribution in [2.75, 3.05) is 12.3 Å². The summed E-state index contributed by atoms with van der Waals surface area (Å²) < 4.78 is 8.04. The van der Waals surface area contributed by atoms with E-state index in [0.717, 1.165) is 35.5 Å². The number of nitrogens with zero attached hydrogens (tertiary/aromatic N) is 4. The highest BCUT2D eigenvalue weighted by Gasteiger charge is 2.33. The standard InChI is InChI=1S/C27H25N5O2/c1-3-23(33)31-16-7-10-22(31)27-30-24(25-26(28)29-15-17-32(25)27)20-11-13-21(14-12-20)34-18(2)19-8-5-4-6-9-19/h1,4-6,8-9,11-15,17-18,22H,7,10,16H2,2H3,(H2,28,29)/t18?,22-/m0/s1. The SMILES string of the molecule is C#CC(=O)N1CCC[C@H]1c1nc(-c2ccc(OC(C)c3ccccc3)cc2)c2c(N)nccn12. The maximum absolute atomic E-state index is 12.3. The average Bonchev–Trinajstić information content (AvgIpc) is 3.50. The van der Waals surface area contributed by atoms with Crippen LogP contribution in [0, 0.1) is 12.3 Å². The molecule has 1 amide bonds. The van der Waals surface area contributed by atoms with E-state index in [4.69, 9.17) is 21.9 Å². The van der Waals surface area contributed by atoms with Crippen LogP contribution in [0.25, 0.3) is 16.8 Å². The number of likely N-dealkylation sites (tertiary alicyclic amines) is 1. The van der Waals surface area contributed by atoms with E-state index >= 15 is 0 Å². The van der Waals surface area contributed by atoms with Crippen molar-refractivity contribution in [3.8, 4) is 29.4 Å². The van der Waals surface area contributed by atoms with Crippen molar-refractivity contribution in [2.24, 2.45) is 0 Å². The summed E-state index contributed by atoms with van der Waals surface area (Å²) in [7, 11) is 0. The summed E-state index contributed by atoms with van der Waals surface area (Å²) in [6, 6.07) is 17.7. The van der Waals surface area contributed by atoms with Crippen molar-refractivity contribution in [3.05, 3.63) is 78.4 Å². The van der Waals surface area contributed by atoms with Gasteiger partial charge < -0.3 is 15.4 Å². The van der Waals surface area contributed by atoms with E-state index in [0.29, 0.717) is 23.6 Å². The first-order valence-corrected chi connectivity index (χ1v) is 11.3. The van der Waals surface area contributed by atoms with Crippen LogP contribution in [0.1, 0.15) is 43.3 Å². The number of terminal acetylenes is 1. The molecule has 0 bridgehead atoms. The second kappa shape index (κ2) is 8.91. The lowest BCUT2D eigenvalue weighted by Gasteiger charge is -2.21. The lowest BCUT2D eigenvalue weighted by Crippen LogP contribution is -2.30. The quantitative estimate of drug-likeness (QED) is 0.454. The van der Waals surface area contributed by atoms with Gasteiger partial charge in [-0.3, -0.25) is 9.20 Å². The number of carbonyl (C=O) groups is 1. The molecule has 0 aliphatic carbocycles. The van der Waals surface area contributed by atoms with Gasteiger partial charge in [0.2, 0.25) is 0 Å². The Morgan fingerprint density at radius 2 is 1.97 bits per heavy atom. The van der Waals surface area contributed by atoms with E-state index in [9.17, 15) is 4.79 Å². The second-order valence-electron chi connectivity index (χ2n) is 8.35. The molecular formula is C27H25N5O2. The number of aromatic nitrogens is 3. The Bertz CT molecular complexity index is 1370. The predicted molar refractivity (Wildman–Crippen MR) is 131 cm³/mol. The van der Waals surface area contributed by atoms with E-state index < -0.39 is 0 Å². The minimum absolute atomic E-state index is 0.0750. The Hall–Kier alpha value is -4.31. The predicted octanol–water partition coefficient (Wildman–Crippen LogP) is 4.42. The number of fused-ring (bicyclic) bond motifs is 1. The molecular weight excluding hydrogens is 426 g/mol. The lowest BCUT2D eigenvalue weighted by molar-refractivity contribution is -0.126. The summed E-state index contributed by atoms with van der Waals surface area (Å²) in [6.07, 6.45) is 10.5. The monoisotopic (exact) mass is 451 g/mol. The molecule has 1 aliphatic rings. The van der Waals surface area contributed by atoms with Gasteiger partial charge in [0, 0.05) is 24.5 Å². The molecule has 2 aromatic heterocycles. The molecule has 7 nitrogen and oxygen atoms in total. The summed E-state index contributed by atoms with van der Waals surface area (Å²) in [4.78, 5) is 23.2. The van der Waals surface area contributed by atoms with Gasteiger partial charge in [0.25, 0.3) is 5.91 Å². The van der Waals surface area contributed by atoms with Crippen LogP contribution in [-0.4, -0.2) is 31.7 Å². The number of nitrogen functional groups attached to an aromatic ring is 1. The van der Waals surface area contributed by atoms with Gasteiger partial charge in [-0.15, -0.1) is 6.42 Å². The summed E-state index contributed by atoms with van der Waals surface area (Å²) >= 11 is 0. The maximum atomic E-state index is 12.3. The number of rotatable bonds is 5. The van der Waals surface area contributed by atoms with Crippen LogP contribution in [0.2, 0.25) is 0 Å². The molecule has 7 heteroatoms. The smallest absolute Gasteiger partial charge is 0.298 e. The van der Waals surface area contributed by atoms with Gasteiger partial charge in [-0.2, -0.15) is 0 Å². The fourth-order valence-corrected chi connectivity index (χ4v) is 4.57. The first kappa shape index (κ1) is 21.5. The number of hydrogen-bond donors (Lipinski definition) is 1. The third-order valence-corrected chi connectivity index (χ3v) is 6.26. The second-order valence-corrected chi connectivity index (χ2v) is 8.35. The number of ether oxygens (including phenoxy) is 1. The van der Waals surface area contributed by atoms with E-state index in [1.165, 1.54) is 0 Å². The molecule has 1 saturated heterocycles. The van der Waals surface area contributed by atoms with Gasteiger partial charge >= 0.3 is 0 Å². The van der Waals surface area contributed by atoms with Crippen LogP contribution in [0.15, 0.2) is 67.0 Å². The molecule has 5 rings (SSSR count). The molecule has 1 fully saturated rings. The van der Waals surface area contributed by atoms with Crippen LogP contribution in [0.4, 0.5) is 5.82 Å². The van der Waals surface area contributed by atoms with Gasteiger partial charge in [-0.05, 0) is 55.5 Å². The van der Waals surface area contributed by atoms with Gasteiger partial charge in [0.05, 0.1) is 6.04 Å². The molecule has 170 valence electrons. The number of carbonyl (C=O) groups excluding carboxylic acids is 1. The van der Waals surface area contributed by atoms with Gasteiger partial charge in [-0.25, -0.2) is 9.97 Å². The topological polar surface area (TPSA) is 85.8 Å². The lowest BCUT2D eigenvalue weighted by atomic mass is 10.1. The molecule has 1 aliphatic heterocycles. The van der Waals surface area contributed by atoms with Crippen LogP contribution in [0.3, 0.4) is 0 Å². The highest BCUT2D eigenvalue weighted by molar-refractivity contribution is 5.93. The highest BCUT2D eigenvalue weighted by Crippen LogP contribution is 2.36. The number of anilines is 1. The maximum Gasteiger partial charge on any atom is 0.298 e. The number of amides is 1. The zero-order valence-corrected chi connectivity index (χ0v) is 18.9. The van der Waals surface area contributed by atoms with Crippen LogP contribution < -0.4 is 10.5 Å². The van der Waals surface area contributed by atoms with Crippen LogP contribution >= 0.6 is 0 Å². The normalized spacial score (nSPS) is 16.4. The zero-order valence-electron chi connectivity index (χ0n) is 18.9. The molecule has 3 heterocycles. The largest absolute Gasteiger partial charge is 0.486 e. The Morgan fingerprint density at radius 1 is 1.21 bits per heavy atom. The summed E-state index contributed by atoms with van der Waals surface area (Å²) in [5, 5.41) is 0. The molecule has 0 spiro atoms. The van der Waals surface area contributed by atoms with Crippen molar-refractivity contribution in [2.45, 2.75) is 31.9 Å². The van der Waals surface area contributed by atoms with Gasteiger partial charge in [-0.1, -0.05) is 30.3 Å². The van der Waals surface area contributed by atoms with E-state index in [-0.39, 0.29) is 18.1 Å². The van der Waals surface area contributed by atoms with Crippen molar-refractivity contribution >= 4 is 17.2 Å². The molecule has 0 radical (unpaired) electrons. The van der Waals surface area contributed by atoms with E-state index in [1.807, 2.05) is 72.1 Å². The fourth-order valence-electron chi connectivity index (χ4n) is 4.57. The van der Waals surface area contributed by atoms with Crippen molar-refractivity contribution in [3.63, 3.8) is 0 Å². The molecule has 1 unspecified atom stereocenters. The zero-order chi connectivity index (χ0) is 23.7. The number of benzene rings is 2. The fraction of sp³-hybridized carbons (Fsp3) is 0.222. The minimum Gasteiger partial charge on any atom is -0.486 e. The summed E-state index contributed by atoms with van der Waals surface area (Å²) in [5.41, 5.74) is 9.70. The van der Waals surface area contributed by atoms with Crippen molar-refractivity contribution < 1.29 is 9.53 Å². The first-order chi connectivity index (χ1) is 16.6. The third kappa shape index (κ3) is 3.84. The van der Waals surface area contributed by atoms with Gasteiger partial charge in [0.15, 0.2) is 0 Å². The molecule has 4 aromatic rings. The molecule has 0 saturated carbocycles. The molecule has 2 N–H and O–H groups in total. The molecule has 2 atom stereocenters. The Kier molecular flexibility index (Phi) is 5.64. The minimum atomic E-state index is -0.322. The van der Waals surface area contributed by atoms with Crippen LogP contribution in [0.5, 0.6) is 5.75 Å². The number of hydrogen-bond acceptors (Lipinski definition) is 5. The molecule has 34 heavy (non-hydrogen) atoms. The first-order valence-electron chi connectivity index (χ1n) is 11.3. The van der Waals surface area contributed by atoms with Gasteiger partial charge in [0.1, 0.15) is 34.7 Å².